The number of carbonyl (C=O) groups is 1. The molecule has 0 spiro atoms. The lowest BCUT2D eigenvalue weighted by Crippen LogP contribution is -2.30. The number of carbonyl (C=O) groups excluding carboxylic acids is 1. The van der Waals surface area contributed by atoms with Crippen molar-refractivity contribution in [1.29, 1.82) is 0 Å². The van der Waals surface area contributed by atoms with Crippen LogP contribution in [0, 0.1) is 6.92 Å². The molecule has 0 atom stereocenters. The predicted molar refractivity (Wildman–Crippen MR) is 68.9 cm³/mol. The summed E-state index contributed by atoms with van der Waals surface area (Å²) in [6.45, 7) is 4.16. The second-order valence-electron chi connectivity index (χ2n) is 3.96. The minimum absolute atomic E-state index is 0.130. The molecule has 0 aliphatic rings. The highest BCUT2D eigenvalue weighted by molar-refractivity contribution is 6.06. The van der Waals surface area contributed by atoms with Gasteiger partial charge in [-0.3, -0.25) is 4.79 Å². The number of furan rings is 1. The van der Waals surface area contributed by atoms with E-state index < -0.39 is 0 Å². The third kappa shape index (κ3) is 2.22. The fourth-order valence-corrected chi connectivity index (χ4v) is 1.86. The summed E-state index contributed by atoms with van der Waals surface area (Å²) in [4.78, 5) is 13.9. The van der Waals surface area contributed by atoms with E-state index in [4.69, 9.17) is 4.42 Å². The smallest absolute Gasteiger partial charge is 0.261 e. The number of aryl methyl sites for hydroxylation is 1. The average Bonchev–Trinajstić information content (AvgIpc) is 2.76. The van der Waals surface area contributed by atoms with Crippen LogP contribution in [-0.2, 0) is 0 Å². The molecule has 4 nitrogen and oxygen atoms in total. The SMILES string of the molecule is CCN(C(=O)c1ccoc1C)c1cccc(O)c1. The normalized spacial score (nSPS) is 10.3. The van der Waals surface area contributed by atoms with E-state index in [1.165, 1.54) is 6.26 Å². The van der Waals surface area contributed by atoms with Crippen LogP contribution in [0.1, 0.15) is 23.0 Å². The van der Waals surface area contributed by atoms with E-state index in [1.807, 2.05) is 6.92 Å². The Balaban J connectivity index is 2.35. The first-order valence-electron chi connectivity index (χ1n) is 5.78. The average molecular weight is 245 g/mol. The van der Waals surface area contributed by atoms with E-state index in [-0.39, 0.29) is 11.7 Å². The molecule has 1 aromatic heterocycles. The van der Waals surface area contributed by atoms with Crippen LogP contribution in [-0.4, -0.2) is 17.6 Å². The molecule has 0 saturated heterocycles. The Bertz CT molecular complexity index is 560. The number of rotatable bonds is 3. The maximum atomic E-state index is 12.4. The summed E-state index contributed by atoms with van der Waals surface area (Å²) in [5.41, 5.74) is 1.21. The van der Waals surface area contributed by atoms with Crippen LogP contribution in [0.2, 0.25) is 0 Å². The van der Waals surface area contributed by atoms with Crippen LogP contribution >= 0.6 is 0 Å². The summed E-state index contributed by atoms with van der Waals surface area (Å²) in [5, 5.41) is 9.47. The van der Waals surface area contributed by atoms with Gasteiger partial charge in [-0.15, -0.1) is 0 Å². The summed E-state index contributed by atoms with van der Waals surface area (Å²) in [5.74, 6) is 0.607. The van der Waals surface area contributed by atoms with Gasteiger partial charge in [0.15, 0.2) is 0 Å². The van der Waals surface area contributed by atoms with Crippen LogP contribution < -0.4 is 4.90 Å². The number of amides is 1. The zero-order valence-corrected chi connectivity index (χ0v) is 10.4. The molecule has 0 saturated carbocycles. The summed E-state index contributed by atoms with van der Waals surface area (Å²) in [6, 6.07) is 8.30. The van der Waals surface area contributed by atoms with Gasteiger partial charge >= 0.3 is 0 Å². The van der Waals surface area contributed by atoms with Gasteiger partial charge in [-0.25, -0.2) is 0 Å². The topological polar surface area (TPSA) is 53.7 Å². The quantitative estimate of drug-likeness (QED) is 0.904. The lowest BCUT2D eigenvalue weighted by molar-refractivity contribution is 0.0987. The Morgan fingerprint density at radius 2 is 2.17 bits per heavy atom. The Kier molecular flexibility index (Phi) is 3.37. The molecule has 18 heavy (non-hydrogen) atoms. The van der Waals surface area contributed by atoms with E-state index >= 15 is 0 Å². The van der Waals surface area contributed by atoms with E-state index in [0.29, 0.717) is 23.6 Å². The van der Waals surface area contributed by atoms with Crippen molar-refractivity contribution in [3.63, 3.8) is 0 Å². The number of benzene rings is 1. The Labute approximate surface area is 105 Å². The summed E-state index contributed by atoms with van der Waals surface area (Å²) < 4.78 is 5.14. The fourth-order valence-electron chi connectivity index (χ4n) is 1.86. The number of phenolic OH excluding ortho intramolecular Hbond substituents is 1. The first kappa shape index (κ1) is 12.2. The Morgan fingerprint density at radius 3 is 2.72 bits per heavy atom. The van der Waals surface area contributed by atoms with Crippen molar-refractivity contribution < 1.29 is 14.3 Å². The molecule has 2 rings (SSSR count). The molecule has 94 valence electrons. The van der Waals surface area contributed by atoms with Gasteiger partial charge in [-0.05, 0) is 32.0 Å². The van der Waals surface area contributed by atoms with Crippen LogP contribution in [0.15, 0.2) is 41.0 Å². The largest absolute Gasteiger partial charge is 0.508 e. The van der Waals surface area contributed by atoms with Gasteiger partial charge in [0.2, 0.25) is 0 Å². The molecule has 1 aromatic carbocycles. The zero-order valence-electron chi connectivity index (χ0n) is 10.4. The Hall–Kier alpha value is -2.23. The molecule has 1 N–H and O–H groups in total. The monoisotopic (exact) mass is 245 g/mol. The molecule has 0 aliphatic heterocycles. The summed E-state index contributed by atoms with van der Waals surface area (Å²) in [6.07, 6.45) is 1.50. The lowest BCUT2D eigenvalue weighted by Gasteiger charge is -2.20. The van der Waals surface area contributed by atoms with Gasteiger partial charge in [0.1, 0.15) is 11.5 Å². The van der Waals surface area contributed by atoms with E-state index in [0.717, 1.165) is 0 Å². The van der Waals surface area contributed by atoms with Gasteiger partial charge < -0.3 is 14.4 Å². The lowest BCUT2D eigenvalue weighted by atomic mass is 10.2. The second kappa shape index (κ2) is 4.96. The van der Waals surface area contributed by atoms with Gasteiger partial charge in [-0.2, -0.15) is 0 Å². The second-order valence-corrected chi connectivity index (χ2v) is 3.96. The first-order valence-corrected chi connectivity index (χ1v) is 5.78. The summed E-state index contributed by atoms with van der Waals surface area (Å²) >= 11 is 0. The number of hydrogen-bond donors (Lipinski definition) is 1. The van der Waals surface area contributed by atoms with Crippen LogP contribution in [0.25, 0.3) is 0 Å². The van der Waals surface area contributed by atoms with E-state index in [1.54, 1.807) is 42.2 Å². The van der Waals surface area contributed by atoms with Crippen molar-refractivity contribution in [2.24, 2.45) is 0 Å². The first-order chi connectivity index (χ1) is 8.63. The number of phenols is 1. The molecule has 0 fully saturated rings. The molecule has 0 bridgehead atoms. The van der Waals surface area contributed by atoms with Crippen LogP contribution in [0.4, 0.5) is 5.69 Å². The van der Waals surface area contributed by atoms with E-state index in [9.17, 15) is 9.90 Å². The molecule has 0 aliphatic carbocycles. The minimum Gasteiger partial charge on any atom is -0.508 e. The molecular formula is C14H15NO3. The van der Waals surface area contributed by atoms with Crippen molar-refractivity contribution in [2.75, 3.05) is 11.4 Å². The third-order valence-corrected chi connectivity index (χ3v) is 2.79. The molecular weight excluding hydrogens is 230 g/mol. The third-order valence-electron chi connectivity index (χ3n) is 2.79. The molecule has 0 unspecified atom stereocenters. The van der Waals surface area contributed by atoms with Crippen molar-refractivity contribution in [3.05, 3.63) is 47.9 Å². The zero-order chi connectivity index (χ0) is 13.1. The highest BCUT2D eigenvalue weighted by atomic mass is 16.3. The van der Waals surface area contributed by atoms with E-state index in [2.05, 4.69) is 0 Å². The maximum absolute atomic E-state index is 12.4. The highest BCUT2D eigenvalue weighted by Crippen LogP contribution is 2.22. The molecule has 2 aromatic rings. The summed E-state index contributed by atoms with van der Waals surface area (Å²) in [7, 11) is 0. The van der Waals surface area contributed by atoms with Gasteiger partial charge in [0, 0.05) is 18.3 Å². The molecule has 0 radical (unpaired) electrons. The van der Waals surface area contributed by atoms with Crippen molar-refractivity contribution in [3.8, 4) is 5.75 Å². The van der Waals surface area contributed by atoms with Crippen molar-refractivity contribution in [2.45, 2.75) is 13.8 Å². The van der Waals surface area contributed by atoms with Gasteiger partial charge in [0.25, 0.3) is 5.91 Å². The number of anilines is 1. The Morgan fingerprint density at radius 1 is 1.39 bits per heavy atom. The number of aromatic hydroxyl groups is 1. The van der Waals surface area contributed by atoms with Crippen molar-refractivity contribution in [1.82, 2.24) is 0 Å². The minimum atomic E-state index is -0.130. The highest BCUT2D eigenvalue weighted by Gasteiger charge is 2.19. The molecule has 1 amide bonds. The van der Waals surface area contributed by atoms with Crippen LogP contribution in [0.5, 0.6) is 5.75 Å². The predicted octanol–water partition coefficient (Wildman–Crippen LogP) is 2.96. The van der Waals surface area contributed by atoms with Crippen molar-refractivity contribution >= 4 is 11.6 Å². The maximum Gasteiger partial charge on any atom is 0.261 e. The van der Waals surface area contributed by atoms with Crippen LogP contribution in [0.3, 0.4) is 0 Å². The molecule has 4 heteroatoms. The number of nitrogens with zero attached hydrogens (tertiary/aromatic N) is 1. The fraction of sp³-hybridized carbons (Fsp3) is 0.214. The van der Waals surface area contributed by atoms with Gasteiger partial charge in [0.05, 0.1) is 11.8 Å². The van der Waals surface area contributed by atoms with Gasteiger partial charge in [-0.1, -0.05) is 6.07 Å². The number of hydrogen-bond acceptors (Lipinski definition) is 3. The molecule has 1 heterocycles. The standard InChI is InChI=1S/C14H15NO3/c1-3-15(11-5-4-6-12(16)9-11)14(17)13-7-8-18-10(13)2/h4-9,16H,3H2,1-2H3.